The number of benzene rings is 3. The molecule has 1 aromatic heterocycles. The van der Waals surface area contributed by atoms with Crippen LogP contribution in [0.4, 0.5) is 10.1 Å². The number of anilines is 1. The van der Waals surface area contributed by atoms with Crippen LogP contribution in [0.1, 0.15) is 22.8 Å². The second kappa shape index (κ2) is 9.53. The molecular weight excluding hydrogens is 467 g/mol. The maximum Gasteiger partial charge on any atom is 0.244 e. The van der Waals surface area contributed by atoms with Crippen molar-refractivity contribution in [3.8, 4) is 17.2 Å². The summed E-state index contributed by atoms with van der Waals surface area (Å²) in [4.78, 5) is 39.4. The molecule has 182 valence electrons. The summed E-state index contributed by atoms with van der Waals surface area (Å²) in [6.07, 6.45) is 1.36. The summed E-state index contributed by atoms with van der Waals surface area (Å²) < 4.78 is 31.1. The minimum absolute atomic E-state index is 0.116. The molecule has 1 amide bonds. The molecule has 0 fully saturated rings. The van der Waals surface area contributed by atoms with Crippen LogP contribution in [0.3, 0.4) is 0 Å². The van der Waals surface area contributed by atoms with Crippen LogP contribution < -0.4 is 25.0 Å². The first-order chi connectivity index (χ1) is 17.4. The van der Waals surface area contributed by atoms with Crippen LogP contribution in [-0.4, -0.2) is 29.7 Å². The van der Waals surface area contributed by atoms with E-state index in [1.54, 1.807) is 36.4 Å². The summed E-state index contributed by atoms with van der Waals surface area (Å²) in [7, 11) is 0. The molecule has 0 radical (unpaired) electrons. The highest BCUT2D eigenvalue weighted by molar-refractivity contribution is 6.10. The number of aromatic nitrogens is 1. The molecule has 1 aliphatic rings. The first-order valence-corrected chi connectivity index (χ1v) is 11.2. The molecule has 36 heavy (non-hydrogen) atoms. The van der Waals surface area contributed by atoms with E-state index < -0.39 is 17.0 Å². The van der Waals surface area contributed by atoms with Crippen molar-refractivity contribution in [2.75, 3.05) is 18.7 Å². The molecule has 1 N–H and O–H groups in total. The number of ether oxygens (including phenoxy) is 3. The van der Waals surface area contributed by atoms with Crippen molar-refractivity contribution in [1.82, 2.24) is 4.57 Å². The Hall–Kier alpha value is -4.66. The van der Waals surface area contributed by atoms with Crippen LogP contribution in [0.2, 0.25) is 0 Å². The largest absolute Gasteiger partial charge is 0.494 e. The Labute approximate surface area is 204 Å². The van der Waals surface area contributed by atoms with E-state index in [1.807, 2.05) is 6.92 Å². The second-order valence-electron chi connectivity index (χ2n) is 8.06. The molecule has 0 unspecified atom stereocenters. The zero-order chi connectivity index (χ0) is 25.2. The number of nitrogens with zero attached hydrogens (tertiary/aromatic N) is 1. The van der Waals surface area contributed by atoms with Gasteiger partial charge < -0.3 is 24.1 Å². The Morgan fingerprint density at radius 3 is 2.58 bits per heavy atom. The molecule has 3 aromatic carbocycles. The molecule has 4 aromatic rings. The number of fused-ring (bicyclic) bond motifs is 2. The fraction of sp³-hybridized carbons (Fsp3) is 0.148. The number of halogens is 1. The van der Waals surface area contributed by atoms with Gasteiger partial charge in [-0.2, -0.15) is 0 Å². The molecule has 0 atom stereocenters. The normalized spacial score (nSPS) is 11.9. The molecule has 0 spiro atoms. The number of carbonyl (C=O) groups excluding carboxylic acids is 2. The third-order valence-electron chi connectivity index (χ3n) is 5.68. The van der Waals surface area contributed by atoms with Crippen LogP contribution in [0.25, 0.3) is 10.9 Å². The van der Waals surface area contributed by atoms with Crippen molar-refractivity contribution in [2.45, 2.75) is 13.5 Å². The fourth-order valence-corrected chi connectivity index (χ4v) is 4.01. The van der Waals surface area contributed by atoms with Gasteiger partial charge in [-0.25, -0.2) is 4.39 Å². The molecule has 0 bridgehead atoms. The minimum Gasteiger partial charge on any atom is -0.494 e. The highest BCUT2D eigenvalue weighted by Gasteiger charge is 2.20. The highest BCUT2D eigenvalue weighted by atomic mass is 19.1. The van der Waals surface area contributed by atoms with Gasteiger partial charge in [0.1, 0.15) is 18.1 Å². The maximum absolute atomic E-state index is 13.4. The Morgan fingerprint density at radius 1 is 1.03 bits per heavy atom. The van der Waals surface area contributed by atoms with Crippen molar-refractivity contribution < 1.29 is 28.2 Å². The van der Waals surface area contributed by atoms with Crippen LogP contribution >= 0.6 is 0 Å². The van der Waals surface area contributed by atoms with Crippen molar-refractivity contribution in [2.24, 2.45) is 0 Å². The Kier molecular flexibility index (Phi) is 6.12. The molecule has 0 saturated carbocycles. The van der Waals surface area contributed by atoms with Crippen LogP contribution in [0.15, 0.2) is 71.7 Å². The minimum atomic E-state index is -0.575. The van der Waals surface area contributed by atoms with E-state index in [0.717, 1.165) is 12.1 Å². The number of ketones is 1. The van der Waals surface area contributed by atoms with E-state index in [0.29, 0.717) is 35.1 Å². The summed E-state index contributed by atoms with van der Waals surface area (Å²) >= 11 is 0. The molecular formula is C27H21FN2O6. The summed E-state index contributed by atoms with van der Waals surface area (Å²) in [5, 5.41) is 3.02. The number of rotatable bonds is 7. The number of carbonyl (C=O) groups is 2. The lowest BCUT2D eigenvalue weighted by Crippen LogP contribution is -2.24. The zero-order valence-corrected chi connectivity index (χ0v) is 19.2. The van der Waals surface area contributed by atoms with Gasteiger partial charge >= 0.3 is 0 Å². The molecule has 1 aliphatic heterocycles. The van der Waals surface area contributed by atoms with Gasteiger partial charge in [-0.1, -0.05) is 0 Å². The molecule has 2 heterocycles. The summed E-state index contributed by atoms with van der Waals surface area (Å²) in [5.74, 6) is 0.126. The Bertz CT molecular complexity index is 1540. The Morgan fingerprint density at radius 2 is 1.81 bits per heavy atom. The molecule has 8 nitrogen and oxygen atoms in total. The predicted octanol–water partition coefficient (Wildman–Crippen LogP) is 4.14. The van der Waals surface area contributed by atoms with E-state index in [4.69, 9.17) is 14.2 Å². The van der Waals surface area contributed by atoms with E-state index in [-0.39, 0.29) is 35.8 Å². The zero-order valence-electron chi connectivity index (χ0n) is 19.2. The van der Waals surface area contributed by atoms with Gasteiger partial charge in [-0.05, 0) is 61.5 Å². The summed E-state index contributed by atoms with van der Waals surface area (Å²) in [6.45, 7) is 2.15. The SMILES string of the molecule is CCOc1ccc2c(c1)c(=O)c(C(=O)c1ccc(F)cc1)cn2CC(=O)Nc1ccc2c(c1)OCO2. The quantitative estimate of drug-likeness (QED) is 0.393. The fourth-order valence-electron chi connectivity index (χ4n) is 4.01. The van der Waals surface area contributed by atoms with Crippen LogP contribution in [0, 0.1) is 5.82 Å². The van der Waals surface area contributed by atoms with Crippen molar-refractivity contribution >= 4 is 28.3 Å². The smallest absolute Gasteiger partial charge is 0.244 e. The van der Waals surface area contributed by atoms with Crippen molar-refractivity contribution in [3.63, 3.8) is 0 Å². The van der Waals surface area contributed by atoms with Gasteiger partial charge in [-0.3, -0.25) is 14.4 Å². The average molecular weight is 488 g/mol. The number of hydrogen-bond donors (Lipinski definition) is 1. The lowest BCUT2D eigenvalue weighted by atomic mass is 10.0. The Balaban J connectivity index is 1.53. The van der Waals surface area contributed by atoms with E-state index >= 15 is 0 Å². The van der Waals surface area contributed by atoms with Gasteiger partial charge in [0.2, 0.25) is 18.1 Å². The van der Waals surface area contributed by atoms with Crippen molar-refractivity contribution in [1.29, 1.82) is 0 Å². The third kappa shape index (κ3) is 4.50. The summed E-state index contributed by atoms with van der Waals surface area (Å²) in [6, 6.07) is 14.9. The van der Waals surface area contributed by atoms with Gasteiger partial charge in [0, 0.05) is 23.5 Å². The average Bonchev–Trinajstić information content (AvgIpc) is 3.34. The van der Waals surface area contributed by atoms with Gasteiger partial charge in [-0.15, -0.1) is 0 Å². The van der Waals surface area contributed by atoms with Crippen molar-refractivity contribution in [3.05, 3.63) is 94.0 Å². The number of hydrogen-bond acceptors (Lipinski definition) is 6. The lowest BCUT2D eigenvalue weighted by molar-refractivity contribution is -0.116. The first-order valence-electron chi connectivity index (χ1n) is 11.2. The molecule has 0 aliphatic carbocycles. The number of pyridine rings is 1. The third-order valence-corrected chi connectivity index (χ3v) is 5.68. The monoisotopic (exact) mass is 488 g/mol. The van der Waals surface area contributed by atoms with E-state index in [2.05, 4.69) is 5.32 Å². The van der Waals surface area contributed by atoms with E-state index in [1.165, 1.54) is 22.9 Å². The second-order valence-corrected chi connectivity index (χ2v) is 8.06. The maximum atomic E-state index is 13.4. The first kappa shape index (κ1) is 23.1. The standard InChI is InChI=1S/C27H21FN2O6/c1-2-34-19-8-9-22-20(12-19)27(33)21(26(32)16-3-5-17(28)6-4-16)13-30(22)14-25(31)29-18-7-10-23-24(11-18)36-15-35-23/h3-13H,2,14-15H2,1H3,(H,29,31). The number of amides is 1. The highest BCUT2D eigenvalue weighted by Crippen LogP contribution is 2.34. The number of nitrogens with one attached hydrogen (secondary N) is 1. The topological polar surface area (TPSA) is 95.9 Å². The van der Waals surface area contributed by atoms with E-state index in [9.17, 15) is 18.8 Å². The predicted molar refractivity (Wildman–Crippen MR) is 130 cm³/mol. The van der Waals surface area contributed by atoms with Crippen LogP contribution in [-0.2, 0) is 11.3 Å². The summed E-state index contributed by atoms with van der Waals surface area (Å²) in [5.41, 5.74) is 0.480. The van der Waals surface area contributed by atoms with Gasteiger partial charge in [0.15, 0.2) is 17.3 Å². The molecule has 9 heteroatoms. The molecule has 5 rings (SSSR count). The lowest BCUT2D eigenvalue weighted by Gasteiger charge is -2.15. The van der Waals surface area contributed by atoms with Gasteiger partial charge in [0.05, 0.1) is 23.1 Å². The van der Waals surface area contributed by atoms with Crippen LogP contribution in [0.5, 0.6) is 17.2 Å². The van der Waals surface area contributed by atoms with Gasteiger partial charge in [0.25, 0.3) is 0 Å². The molecule has 0 saturated heterocycles.